The number of nitrogens with one attached hydrogen (secondary N) is 4. The summed E-state index contributed by atoms with van der Waals surface area (Å²) in [6, 6.07) is 9.66. The Kier molecular flexibility index (Phi) is 9.36. The molecule has 0 atom stereocenters. The van der Waals surface area contributed by atoms with Crippen LogP contribution in [0.3, 0.4) is 0 Å². The second kappa shape index (κ2) is 11.8. The van der Waals surface area contributed by atoms with Crippen LogP contribution in [0.1, 0.15) is 33.3 Å². The van der Waals surface area contributed by atoms with Crippen LogP contribution in [0.15, 0.2) is 42.5 Å². The fourth-order valence-electron chi connectivity index (χ4n) is 2.70. The molecule has 5 N–H and O–H groups in total. The number of halogens is 2. The Morgan fingerprint density at radius 1 is 1.06 bits per heavy atom. The Labute approximate surface area is 207 Å². The first-order valence-electron chi connectivity index (χ1n) is 10.2. The molecule has 0 aliphatic carbocycles. The van der Waals surface area contributed by atoms with E-state index in [1.54, 1.807) is 42.5 Å². The summed E-state index contributed by atoms with van der Waals surface area (Å²) in [7, 11) is 0. The Balaban J connectivity index is 2.04. The number of carbonyl (C=O) groups is 3. The number of carboxylic acids is 1. The molecule has 2 aromatic carbocycles. The first-order valence-corrected chi connectivity index (χ1v) is 11.0. The van der Waals surface area contributed by atoms with Crippen molar-refractivity contribution in [3.63, 3.8) is 0 Å². The van der Waals surface area contributed by atoms with Crippen molar-refractivity contribution in [2.45, 2.75) is 45.9 Å². The van der Waals surface area contributed by atoms with E-state index in [0.29, 0.717) is 31.9 Å². The molecule has 12 heteroatoms. The van der Waals surface area contributed by atoms with Crippen molar-refractivity contribution in [2.24, 2.45) is 0 Å². The molecule has 0 bridgehead atoms. The summed E-state index contributed by atoms with van der Waals surface area (Å²) < 4.78 is 5.56. The summed E-state index contributed by atoms with van der Waals surface area (Å²) in [5.74, 6) is -0.872. The van der Waals surface area contributed by atoms with E-state index >= 15 is 0 Å². The number of amides is 4. The predicted molar refractivity (Wildman–Crippen MR) is 130 cm³/mol. The molecule has 0 aliphatic rings. The number of hydrazine groups is 2. The average molecular weight is 512 g/mol. The fraction of sp³-hybridized carbons (Fsp3) is 0.318. The molecule has 0 radical (unpaired) electrons. The molecule has 0 unspecified atom stereocenters. The van der Waals surface area contributed by atoms with Gasteiger partial charge < -0.3 is 20.6 Å². The van der Waals surface area contributed by atoms with Gasteiger partial charge in [-0.05, 0) is 63.6 Å². The number of carbonyl (C=O) groups excluding carboxylic acids is 2. The van der Waals surface area contributed by atoms with Crippen molar-refractivity contribution in [1.29, 1.82) is 0 Å². The number of carboxylic acid groups (broad SMARTS) is 1. The number of nitrogens with zero attached hydrogens (tertiary/aromatic N) is 1. The first-order chi connectivity index (χ1) is 15.9. The minimum Gasteiger partial charge on any atom is -0.489 e. The third-order valence-electron chi connectivity index (χ3n) is 4.52. The van der Waals surface area contributed by atoms with Crippen molar-refractivity contribution in [1.82, 2.24) is 21.2 Å². The van der Waals surface area contributed by atoms with Crippen LogP contribution in [0, 0.1) is 0 Å². The molecule has 10 nitrogen and oxygen atoms in total. The summed E-state index contributed by atoms with van der Waals surface area (Å²) in [4.78, 5) is 37.8. The summed E-state index contributed by atoms with van der Waals surface area (Å²) in [6.07, 6.45) is -0.0527. The van der Waals surface area contributed by atoms with Gasteiger partial charge in [0.2, 0.25) is 0 Å². The lowest BCUT2D eigenvalue weighted by Gasteiger charge is -2.33. The maximum absolute atomic E-state index is 12.8. The summed E-state index contributed by atoms with van der Waals surface area (Å²) in [5.41, 5.74) is 6.73. The number of hydrogen-bond donors (Lipinski definition) is 5. The van der Waals surface area contributed by atoms with E-state index in [4.69, 9.17) is 27.9 Å². The Morgan fingerprint density at radius 2 is 1.71 bits per heavy atom. The highest BCUT2D eigenvalue weighted by Crippen LogP contribution is 2.28. The monoisotopic (exact) mass is 511 g/mol. The van der Waals surface area contributed by atoms with Gasteiger partial charge in [0, 0.05) is 11.6 Å². The number of urea groups is 2. The Bertz CT molecular complexity index is 1030. The summed E-state index contributed by atoms with van der Waals surface area (Å²) >= 11 is 12.0. The number of anilines is 1. The minimum atomic E-state index is -1.85. The van der Waals surface area contributed by atoms with Gasteiger partial charge in [-0.25, -0.2) is 19.3 Å². The molecular weight excluding hydrogens is 485 g/mol. The van der Waals surface area contributed by atoms with Crippen LogP contribution in [-0.2, 0) is 11.3 Å². The minimum absolute atomic E-state index is 0.0527. The van der Waals surface area contributed by atoms with E-state index in [-0.39, 0.29) is 12.6 Å². The van der Waals surface area contributed by atoms with Crippen LogP contribution >= 0.6 is 23.2 Å². The van der Waals surface area contributed by atoms with E-state index < -0.39 is 23.6 Å². The van der Waals surface area contributed by atoms with Crippen LogP contribution in [0.25, 0.3) is 0 Å². The molecule has 184 valence electrons. The van der Waals surface area contributed by atoms with Gasteiger partial charge in [0.15, 0.2) is 0 Å². The molecular formula is C22H27Cl2N5O5. The SMILES string of the molecule is CC(C)Oc1ccc(NNNC(=O)N(C(=O)NCc2ccc(Cl)cc2)C(C)(C)C(=O)O)cc1Cl. The smallest absolute Gasteiger partial charge is 0.342 e. The molecule has 0 saturated carbocycles. The van der Waals surface area contributed by atoms with E-state index in [1.807, 2.05) is 13.8 Å². The molecule has 2 rings (SSSR count). The highest BCUT2D eigenvalue weighted by molar-refractivity contribution is 6.32. The van der Waals surface area contributed by atoms with Crippen LogP contribution in [0.4, 0.5) is 15.3 Å². The van der Waals surface area contributed by atoms with Gasteiger partial charge in [0.25, 0.3) is 0 Å². The highest BCUT2D eigenvalue weighted by Gasteiger charge is 2.42. The zero-order valence-electron chi connectivity index (χ0n) is 19.1. The maximum atomic E-state index is 12.8. The summed E-state index contributed by atoms with van der Waals surface area (Å²) in [5, 5.41) is 13.0. The Morgan fingerprint density at radius 3 is 2.26 bits per heavy atom. The van der Waals surface area contributed by atoms with Gasteiger partial charge in [-0.3, -0.25) is 5.43 Å². The second-order valence-electron chi connectivity index (χ2n) is 7.98. The lowest BCUT2D eigenvalue weighted by molar-refractivity contribution is -0.146. The van der Waals surface area contributed by atoms with Crippen LogP contribution in [0.2, 0.25) is 10.0 Å². The zero-order chi connectivity index (χ0) is 25.5. The molecule has 0 saturated heterocycles. The van der Waals surface area contributed by atoms with Crippen molar-refractivity contribution in [3.8, 4) is 5.75 Å². The highest BCUT2D eigenvalue weighted by atomic mass is 35.5. The molecule has 0 heterocycles. The standard InChI is InChI=1S/C22H27Cl2N5O5/c1-13(2)34-18-10-9-16(11-17(18)24)26-28-27-21(33)29(22(3,4)19(30)31)20(32)25-12-14-5-7-15(23)8-6-14/h5-11,13,26,28H,12H2,1-4H3,(H,25,32)(H,27,33)(H,30,31). The number of hydrogen-bond acceptors (Lipinski definition) is 6. The van der Waals surface area contributed by atoms with Crippen molar-refractivity contribution < 1.29 is 24.2 Å². The van der Waals surface area contributed by atoms with Gasteiger partial charge >= 0.3 is 18.0 Å². The summed E-state index contributed by atoms with van der Waals surface area (Å²) in [6.45, 7) is 6.27. The van der Waals surface area contributed by atoms with Crippen molar-refractivity contribution in [2.75, 3.05) is 5.43 Å². The number of ether oxygens (including phenoxy) is 1. The van der Waals surface area contributed by atoms with Crippen LogP contribution < -0.4 is 26.4 Å². The average Bonchev–Trinajstić information content (AvgIpc) is 2.74. The van der Waals surface area contributed by atoms with E-state index in [9.17, 15) is 19.5 Å². The van der Waals surface area contributed by atoms with Gasteiger partial charge in [-0.2, -0.15) is 0 Å². The third kappa shape index (κ3) is 7.41. The van der Waals surface area contributed by atoms with E-state index in [2.05, 4.69) is 21.7 Å². The van der Waals surface area contributed by atoms with Gasteiger partial charge in [0.05, 0.1) is 16.8 Å². The number of benzene rings is 2. The normalized spacial score (nSPS) is 11.0. The van der Waals surface area contributed by atoms with Crippen LogP contribution in [0.5, 0.6) is 5.75 Å². The predicted octanol–water partition coefficient (Wildman–Crippen LogP) is 4.40. The molecule has 2 aromatic rings. The second-order valence-corrected chi connectivity index (χ2v) is 8.82. The molecule has 0 aromatic heterocycles. The quantitative estimate of drug-likeness (QED) is 0.315. The third-order valence-corrected chi connectivity index (χ3v) is 5.06. The topological polar surface area (TPSA) is 132 Å². The largest absolute Gasteiger partial charge is 0.489 e. The Hall–Kier alpha value is -3.21. The van der Waals surface area contributed by atoms with E-state index in [0.717, 1.165) is 0 Å². The number of aliphatic carboxylic acids is 1. The van der Waals surface area contributed by atoms with Crippen molar-refractivity contribution >= 4 is 46.9 Å². The molecule has 0 fully saturated rings. The zero-order valence-corrected chi connectivity index (χ0v) is 20.6. The maximum Gasteiger partial charge on any atom is 0.342 e. The number of imide groups is 1. The van der Waals surface area contributed by atoms with Crippen molar-refractivity contribution in [3.05, 3.63) is 58.1 Å². The van der Waals surface area contributed by atoms with Gasteiger partial charge in [-0.1, -0.05) is 35.3 Å². The van der Waals surface area contributed by atoms with Crippen LogP contribution in [-0.4, -0.2) is 39.7 Å². The fourth-order valence-corrected chi connectivity index (χ4v) is 3.05. The van der Waals surface area contributed by atoms with E-state index in [1.165, 1.54) is 13.8 Å². The lowest BCUT2D eigenvalue weighted by Crippen LogP contribution is -2.63. The molecule has 0 aliphatic heterocycles. The number of rotatable bonds is 9. The molecule has 34 heavy (non-hydrogen) atoms. The molecule has 4 amide bonds. The van der Waals surface area contributed by atoms with Gasteiger partial charge in [-0.15, -0.1) is 5.53 Å². The van der Waals surface area contributed by atoms with Gasteiger partial charge in [0.1, 0.15) is 11.3 Å². The first kappa shape index (κ1) is 27.0. The molecule has 0 spiro atoms. The lowest BCUT2D eigenvalue weighted by atomic mass is 10.0.